The quantitative estimate of drug-likeness (QED) is 0.914. The average Bonchev–Trinajstić information content (AvgIpc) is 2.92. The monoisotopic (exact) mass is 302 g/mol. The van der Waals surface area contributed by atoms with Crippen LogP contribution in [-0.2, 0) is 0 Å². The van der Waals surface area contributed by atoms with Gasteiger partial charge in [0.2, 0.25) is 0 Å². The molecule has 1 saturated heterocycles. The van der Waals surface area contributed by atoms with Crippen LogP contribution in [0.5, 0.6) is 0 Å². The van der Waals surface area contributed by atoms with Gasteiger partial charge in [0.15, 0.2) is 0 Å². The van der Waals surface area contributed by atoms with Gasteiger partial charge in [0.05, 0.1) is 16.9 Å². The predicted octanol–water partition coefficient (Wildman–Crippen LogP) is 2.71. The predicted molar refractivity (Wildman–Crippen MR) is 85.7 cm³/mol. The molecule has 4 heteroatoms. The van der Waals surface area contributed by atoms with E-state index in [1.807, 2.05) is 30.9 Å². The van der Waals surface area contributed by atoms with Crippen LogP contribution in [0, 0.1) is 25.7 Å². The third-order valence-electron chi connectivity index (χ3n) is 5.67. The zero-order valence-corrected chi connectivity index (χ0v) is 13.8. The molecular weight excluding hydrogens is 276 g/mol. The number of hydrogen-bond donors (Lipinski definition) is 1. The van der Waals surface area contributed by atoms with Crippen LogP contribution in [0.4, 0.5) is 0 Å². The second-order valence-electron chi connectivity index (χ2n) is 7.01. The Balaban J connectivity index is 1.81. The van der Waals surface area contributed by atoms with Crippen molar-refractivity contribution >= 4 is 5.91 Å². The summed E-state index contributed by atoms with van der Waals surface area (Å²) >= 11 is 0. The van der Waals surface area contributed by atoms with Crippen molar-refractivity contribution in [3.8, 4) is 0 Å². The van der Waals surface area contributed by atoms with E-state index in [9.17, 15) is 9.90 Å². The normalized spacial score (nSPS) is 31.2. The SMILES string of the molecule is CC[C@@]1(O)CCC[C@@H]2CN(C(=O)c3ccc(C)nc3C)C[C@@H]21. The molecule has 0 radical (unpaired) electrons. The Labute approximate surface area is 132 Å². The van der Waals surface area contributed by atoms with E-state index in [0.29, 0.717) is 18.0 Å². The van der Waals surface area contributed by atoms with Crippen LogP contribution in [0.1, 0.15) is 54.4 Å². The molecule has 1 amide bonds. The second kappa shape index (κ2) is 5.65. The van der Waals surface area contributed by atoms with Gasteiger partial charge in [-0.25, -0.2) is 0 Å². The number of nitrogens with zero attached hydrogens (tertiary/aromatic N) is 2. The van der Waals surface area contributed by atoms with Crippen LogP contribution in [0.15, 0.2) is 12.1 Å². The van der Waals surface area contributed by atoms with Crippen LogP contribution >= 0.6 is 0 Å². The molecule has 0 unspecified atom stereocenters. The van der Waals surface area contributed by atoms with Gasteiger partial charge in [-0.1, -0.05) is 13.3 Å². The summed E-state index contributed by atoms with van der Waals surface area (Å²) < 4.78 is 0. The fourth-order valence-electron chi connectivity index (χ4n) is 4.32. The lowest BCUT2D eigenvalue weighted by Gasteiger charge is -2.40. The van der Waals surface area contributed by atoms with E-state index in [0.717, 1.165) is 43.6 Å². The highest BCUT2D eigenvalue weighted by Crippen LogP contribution is 2.44. The van der Waals surface area contributed by atoms with Crippen molar-refractivity contribution in [1.82, 2.24) is 9.88 Å². The fraction of sp³-hybridized carbons (Fsp3) is 0.667. The van der Waals surface area contributed by atoms with Gasteiger partial charge in [-0.05, 0) is 51.2 Å². The van der Waals surface area contributed by atoms with Crippen molar-refractivity contribution in [3.05, 3.63) is 29.1 Å². The largest absolute Gasteiger partial charge is 0.390 e. The Morgan fingerprint density at radius 3 is 2.86 bits per heavy atom. The summed E-state index contributed by atoms with van der Waals surface area (Å²) in [4.78, 5) is 19.2. The first kappa shape index (κ1) is 15.5. The van der Waals surface area contributed by atoms with Gasteiger partial charge < -0.3 is 10.0 Å². The number of fused-ring (bicyclic) bond motifs is 1. The molecule has 3 rings (SSSR count). The van der Waals surface area contributed by atoms with Gasteiger partial charge in [0.1, 0.15) is 0 Å². The number of aliphatic hydroxyl groups is 1. The smallest absolute Gasteiger partial charge is 0.255 e. The first-order chi connectivity index (χ1) is 10.4. The highest BCUT2D eigenvalue weighted by atomic mass is 16.3. The molecule has 2 aliphatic rings. The first-order valence-corrected chi connectivity index (χ1v) is 8.40. The molecule has 120 valence electrons. The molecule has 3 atom stereocenters. The summed E-state index contributed by atoms with van der Waals surface area (Å²) in [6.45, 7) is 7.35. The first-order valence-electron chi connectivity index (χ1n) is 8.40. The number of likely N-dealkylation sites (tertiary alicyclic amines) is 1. The van der Waals surface area contributed by atoms with E-state index in [-0.39, 0.29) is 11.8 Å². The van der Waals surface area contributed by atoms with Crippen molar-refractivity contribution in [2.75, 3.05) is 13.1 Å². The lowest BCUT2D eigenvalue weighted by molar-refractivity contribution is -0.0609. The minimum Gasteiger partial charge on any atom is -0.390 e. The Bertz CT molecular complexity index is 586. The highest BCUT2D eigenvalue weighted by Gasteiger charge is 2.48. The van der Waals surface area contributed by atoms with Crippen LogP contribution in [0.2, 0.25) is 0 Å². The topological polar surface area (TPSA) is 53.4 Å². The summed E-state index contributed by atoms with van der Waals surface area (Å²) in [7, 11) is 0. The van der Waals surface area contributed by atoms with Gasteiger partial charge in [0, 0.05) is 24.7 Å². The summed E-state index contributed by atoms with van der Waals surface area (Å²) in [6, 6.07) is 3.78. The maximum absolute atomic E-state index is 12.8. The van der Waals surface area contributed by atoms with Crippen LogP contribution in [0.3, 0.4) is 0 Å². The number of aromatic nitrogens is 1. The Morgan fingerprint density at radius 1 is 1.41 bits per heavy atom. The molecule has 22 heavy (non-hydrogen) atoms. The van der Waals surface area contributed by atoms with E-state index in [1.165, 1.54) is 0 Å². The molecule has 4 nitrogen and oxygen atoms in total. The number of carbonyl (C=O) groups is 1. The van der Waals surface area contributed by atoms with E-state index < -0.39 is 5.60 Å². The molecule has 0 aromatic carbocycles. The van der Waals surface area contributed by atoms with Crippen molar-refractivity contribution < 1.29 is 9.90 Å². The molecule has 2 fully saturated rings. The van der Waals surface area contributed by atoms with Gasteiger partial charge in [-0.15, -0.1) is 0 Å². The summed E-state index contributed by atoms with van der Waals surface area (Å²) in [5.74, 6) is 0.744. The van der Waals surface area contributed by atoms with E-state index >= 15 is 0 Å². The number of rotatable bonds is 2. The Hall–Kier alpha value is -1.42. The lowest BCUT2D eigenvalue weighted by Crippen LogP contribution is -2.44. The number of pyridine rings is 1. The number of carbonyl (C=O) groups excluding carboxylic acids is 1. The van der Waals surface area contributed by atoms with Gasteiger partial charge in [-0.3, -0.25) is 9.78 Å². The molecule has 1 N–H and O–H groups in total. The third kappa shape index (κ3) is 2.54. The van der Waals surface area contributed by atoms with Crippen molar-refractivity contribution in [1.29, 1.82) is 0 Å². The van der Waals surface area contributed by atoms with Crippen LogP contribution in [0.25, 0.3) is 0 Å². The molecule has 2 heterocycles. The summed E-state index contributed by atoms with van der Waals surface area (Å²) in [5, 5.41) is 10.9. The second-order valence-corrected chi connectivity index (χ2v) is 7.01. The van der Waals surface area contributed by atoms with Gasteiger partial charge in [0.25, 0.3) is 5.91 Å². The standard InChI is InChI=1S/C18H26N2O2/c1-4-18(22)9-5-6-14-10-20(11-16(14)18)17(21)15-8-7-12(2)19-13(15)3/h7-8,14,16,22H,4-6,9-11H2,1-3H3/t14-,16+,18-/m1/s1. The highest BCUT2D eigenvalue weighted by molar-refractivity contribution is 5.95. The number of amides is 1. The van der Waals surface area contributed by atoms with Crippen molar-refractivity contribution in [2.45, 2.75) is 52.1 Å². The molecule has 0 bridgehead atoms. The van der Waals surface area contributed by atoms with E-state index in [4.69, 9.17) is 0 Å². The number of aryl methyl sites for hydroxylation is 2. The van der Waals surface area contributed by atoms with Crippen LogP contribution in [-0.4, -0.2) is 39.6 Å². The molecule has 1 saturated carbocycles. The average molecular weight is 302 g/mol. The molecule has 1 aromatic rings. The Kier molecular flexibility index (Phi) is 3.98. The minimum atomic E-state index is -0.585. The van der Waals surface area contributed by atoms with Crippen LogP contribution < -0.4 is 0 Å². The molecule has 1 aromatic heterocycles. The Morgan fingerprint density at radius 2 is 2.18 bits per heavy atom. The minimum absolute atomic E-state index is 0.0675. The lowest BCUT2D eigenvalue weighted by atomic mass is 9.69. The zero-order valence-electron chi connectivity index (χ0n) is 13.8. The summed E-state index contributed by atoms with van der Waals surface area (Å²) in [5.41, 5.74) is 1.85. The summed E-state index contributed by atoms with van der Waals surface area (Å²) in [6.07, 6.45) is 3.85. The van der Waals surface area contributed by atoms with Crippen molar-refractivity contribution in [2.24, 2.45) is 11.8 Å². The molecule has 1 aliphatic heterocycles. The fourth-order valence-corrected chi connectivity index (χ4v) is 4.32. The van der Waals surface area contributed by atoms with Gasteiger partial charge >= 0.3 is 0 Å². The molecule has 1 aliphatic carbocycles. The third-order valence-corrected chi connectivity index (χ3v) is 5.67. The van der Waals surface area contributed by atoms with Gasteiger partial charge in [-0.2, -0.15) is 0 Å². The molecular formula is C18H26N2O2. The van der Waals surface area contributed by atoms with E-state index in [2.05, 4.69) is 11.9 Å². The maximum Gasteiger partial charge on any atom is 0.255 e. The number of hydrogen-bond acceptors (Lipinski definition) is 3. The van der Waals surface area contributed by atoms with E-state index in [1.54, 1.807) is 0 Å². The maximum atomic E-state index is 12.8. The zero-order chi connectivity index (χ0) is 15.9. The molecule has 0 spiro atoms. The van der Waals surface area contributed by atoms with Crippen molar-refractivity contribution in [3.63, 3.8) is 0 Å².